The van der Waals surface area contributed by atoms with E-state index in [-0.39, 0.29) is 22.9 Å². The van der Waals surface area contributed by atoms with Gasteiger partial charge in [-0.2, -0.15) is 13.2 Å². The molecule has 0 atom stereocenters. The monoisotopic (exact) mass is 357 g/mol. The smallest absolute Gasteiger partial charge is 0.445 e. The fourth-order valence-electron chi connectivity index (χ4n) is 2.05. The molecule has 0 spiro atoms. The number of nitrogens with one attached hydrogen (secondary N) is 1. The van der Waals surface area contributed by atoms with Crippen molar-refractivity contribution in [1.29, 1.82) is 0 Å². The van der Waals surface area contributed by atoms with Gasteiger partial charge in [-0.1, -0.05) is 11.3 Å². The third-order valence-electron chi connectivity index (χ3n) is 3.13. The number of anilines is 1. The molecule has 0 aliphatic carbocycles. The fourth-order valence-corrected chi connectivity index (χ4v) is 2.68. The maximum atomic E-state index is 12.5. The second kappa shape index (κ2) is 6.11. The lowest BCUT2D eigenvalue weighted by Gasteiger charge is -2.01. The quantitative estimate of drug-likeness (QED) is 0.773. The van der Waals surface area contributed by atoms with Crippen LogP contribution < -0.4 is 10.1 Å². The zero-order chi connectivity index (χ0) is 17.3. The van der Waals surface area contributed by atoms with Gasteiger partial charge in [0, 0.05) is 17.0 Å². The Bertz CT molecular complexity index is 888. The molecule has 0 aliphatic rings. The Morgan fingerprint density at radius 1 is 1.38 bits per heavy atom. The van der Waals surface area contributed by atoms with Crippen LogP contribution in [0, 0.1) is 0 Å². The van der Waals surface area contributed by atoms with Crippen LogP contribution in [0.5, 0.6) is 5.75 Å². The van der Waals surface area contributed by atoms with Crippen LogP contribution >= 0.6 is 11.3 Å². The maximum absolute atomic E-state index is 12.5. The number of nitrogens with zero attached hydrogens (tertiary/aromatic N) is 2. The zero-order valence-electron chi connectivity index (χ0n) is 12.2. The van der Waals surface area contributed by atoms with Gasteiger partial charge in [0.2, 0.25) is 16.0 Å². The molecule has 24 heavy (non-hydrogen) atoms. The number of benzene rings is 1. The minimum absolute atomic E-state index is 0.0692. The predicted octanol–water partition coefficient (Wildman–Crippen LogP) is 3.49. The van der Waals surface area contributed by atoms with Gasteiger partial charge in [0.1, 0.15) is 11.3 Å². The lowest BCUT2D eigenvalue weighted by Crippen LogP contribution is -2.13. The number of hydrogen-bond acceptors (Lipinski definition) is 6. The van der Waals surface area contributed by atoms with E-state index >= 15 is 0 Å². The molecule has 3 aromatic rings. The summed E-state index contributed by atoms with van der Waals surface area (Å²) in [6.07, 6.45) is -3.23. The summed E-state index contributed by atoms with van der Waals surface area (Å²) in [6, 6.07) is 5.14. The molecular weight excluding hydrogens is 347 g/mol. The summed E-state index contributed by atoms with van der Waals surface area (Å²) >= 11 is 0.270. The van der Waals surface area contributed by atoms with Gasteiger partial charge in [0.25, 0.3) is 0 Å². The van der Waals surface area contributed by atoms with E-state index in [1.54, 1.807) is 18.2 Å². The maximum Gasteiger partial charge on any atom is 0.445 e. The Morgan fingerprint density at radius 3 is 2.83 bits per heavy atom. The van der Waals surface area contributed by atoms with Crippen LogP contribution in [0.15, 0.2) is 28.9 Å². The normalized spacial score (nSPS) is 11.7. The van der Waals surface area contributed by atoms with E-state index in [0.717, 1.165) is 5.39 Å². The second-order valence-corrected chi connectivity index (χ2v) is 5.74. The van der Waals surface area contributed by atoms with Crippen LogP contribution in [-0.2, 0) is 17.4 Å². The zero-order valence-corrected chi connectivity index (χ0v) is 13.0. The predicted molar refractivity (Wildman–Crippen MR) is 80.0 cm³/mol. The molecule has 10 heteroatoms. The Kier molecular flexibility index (Phi) is 4.14. The molecule has 0 saturated carbocycles. The van der Waals surface area contributed by atoms with Crippen LogP contribution in [-0.4, -0.2) is 23.2 Å². The molecule has 1 amide bonds. The number of furan rings is 1. The Balaban J connectivity index is 1.72. The summed E-state index contributed by atoms with van der Waals surface area (Å²) < 4.78 is 47.8. The topological polar surface area (TPSA) is 77.2 Å². The van der Waals surface area contributed by atoms with Crippen molar-refractivity contribution in [3.05, 3.63) is 35.0 Å². The number of halogens is 3. The first-order valence-electron chi connectivity index (χ1n) is 6.61. The van der Waals surface area contributed by atoms with Crippen LogP contribution in [0.4, 0.5) is 18.3 Å². The highest BCUT2D eigenvalue weighted by Crippen LogP contribution is 2.33. The fraction of sp³-hybridized carbons (Fsp3) is 0.214. The van der Waals surface area contributed by atoms with Gasteiger partial charge in [-0.25, -0.2) is 0 Å². The standard InChI is InChI=1S/C14H10F3N3O3S/c1-22-8-2-3-9-7(6-23-10(9)5-8)4-11(21)18-13-20-19-12(24-13)14(15,16)17/h2-3,5-6H,4H2,1H3,(H,18,20,21). The van der Waals surface area contributed by atoms with Gasteiger partial charge in [-0.3, -0.25) is 4.79 Å². The van der Waals surface area contributed by atoms with Crippen molar-refractivity contribution in [1.82, 2.24) is 10.2 Å². The third-order valence-corrected chi connectivity index (χ3v) is 4.01. The third kappa shape index (κ3) is 3.32. The van der Waals surface area contributed by atoms with Gasteiger partial charge < -0.3 is 14.5 Å². The molecule has 126 valence electrons. The minimum Gasteiger partial charge on any atom is -0.497 e. The second-order valence-electron chi connectivity index (χ2n) is 4.76. The van der Waals surface area contributed by atoms with Gasteiger partial charge >= 0.3 is 6.18 Å². The molecule has 2 heterocycles. The number of fused-ring (bicyclic) bond motifs is 1. The van der Waals surface area contributed by atoms with Gasteiger partial charge in [-0.05, 0) is 12.1 Å². The highest BCUT2D eigenvalue weighted by molar-refractivity contribution is 7.15. The summed E-state index contributed by atoms with van der Waals surface area (Å²) in [5.74, 6) is 0.0970. The number of carbonyl (C=O) groups is 1. The Labute approximate surface area is 137 Å². The van der Waals surface area contributed by atoms with Crippen molar-refractivity contribution in [2.75, 3.05) is 12.4 Å². The van der Waals surface area contributed by atoms with Crippen molar-refractivity contribution < 1.29 is 27.1 Å². The summed E-state index contributed by atoms with van der Waals surface area (Å²) in [4.78, 5) is 12.0. The number of rotatable bonds is 4. The average Bonchev–Trinajstić information content (AvgIpc) is 3.14. The molecule has 0 radical (unpaired) electrons. The van der Waals surface area contributed by atoms with Crippen molar-refractivity contribution >= 4 is 33.3 Å². The highest BCUT2D eigenvalue weighted by Gasteiger charge is 2.35. The van der Waals surface area contributed by atoms with E-state index in [2.05, 4.69) is 15.5 Å². The Hall–Kier alpha value is -2.62. The molecular formula is C14H10F3N3O3S. The summed E-state index contributed by atoms with van der Waals surface area (Å²) in [7, 11) is 1.52. The first-order valence-corrected chi connectivity index (χ1v) is 7.43. The minimum atomic E-state index is -4.58. The Morgan fingerprint density at radius 2 is 2.17 bits per heavy atom. The summed E-state index contributed by atoms with van der Waals surface area (Å²) in [5.41, 5.74) is 1.15. The lowest BCUT2D eigenvalue weighted by atomic mass is 10.1. The molecule has 3 rings (SSSR count). The average molecular weight is 357 g/mol. The summed E-state index contributed by atoms with van der Waals surface area (Å²) in [6.45, 7) is 0. The molecule has 0 aliphatic heterocycles. The molecule has 0 fully saturated rings. The van der Waals surface area contributed by atoms with Crippen molar-refractivity contribution in [2.45, 2.75) is 12.6 Å². The van der Waals surface area contributed by atoms with Gasteiger partial charge in [0.05, 0.1) is 19.8 Å². The molecule has 2 aromatic heterocycles. The highest BCUT2D eigenvalue weighted by atomic mass is 32.1. The number of hydrogen-bond donors (Lipinski definition) is 1. The largest absolute Gasteiger partial charge is 0.497 e. The molecule has 1 N–H and O–H groups in total. The number of ether oxygens (including phenoxy) is 1. The molecule has 6 nitrogen and oxygen atoms in total. The number of methoxy groups -OCH3 is 1. The van der Waals surface area contributed by atoms with Crippen LogP contribution in [0.1, 0.15) is 10.6 Å². The van der Waals surface area contributed by atoms with Crippen LogP contribution in [0.3, 0.4) is 0 Å². The van der Waals surface area contributed by atoms with Crippen molar-refractivity contribution in [2.24, 2.45) is 0 Å². The number of alkyl halides is 3. The van der Waals surface area contributed by atoms with E-state index in [4.69, 9.17) is 9.15 Å². The number of amides is 1. The summed E-state index contributed by atoms with van der Waals surface area (Å²) in [5, 5.41) is 8.02. The lowest BCUT2D eigenvalue weighted by molar-refractivity contribution is -0.138. The molecule has 0 unspecified atom stereocenters. The van der Waals surface area contributed by atoms with E-state index in [0.29, 0.717) is 16.9 Å². The first-order chi connectivity index (χ1) is 11.4. The van der Waals surface area contributed by atoms with Crippen LogP contribution in [0.25, 0.3) is 11.0 Å². The van der Waals surface area contributed by atoms with E-state index in [9.17, 15) is 18.0 Å². The van der Waals surface area contributed by atoms with Gasteiger partial charge in [0.15, 0.2) is 0 Å². The van der Waals surface area contributed by atoms with Crippen LogP contribution in [0.2, 0.25) is 0 Å². The molecule has 0 bridgehead atoms. The van der Waals surface area contributed by atoms with Gasteiger partial charge in [-0.15, -0.1) is 10.2 Å². The molecule has 1 aromatic carbocycles. The SMILES string of the molecule is COc1ccc2c(CC(=O)Nc3nnc(C(F)(F)F)s3)coc2c1. The number of carbonyl (C=O) groups excluding carboxylic acids is 1. The molecule has 0 saturated heterocycles. The van der Waals surface area contributed by atoms with E-state index in [1.165, 1.54) is 13.4 Å². The van der Waals surface area contributed by atoms with E-state index in [1.807, 2.05) is 0 Å². The van der Waals surface area contributed by atoms with Crippen molar-refractivity contribution in [3.63, 3.8) is 0 Å². The van der Waals surface area contributed by atoms with E-state index < -0.39 is 17.1 Å². The number of aromatic nitrogens is 2. The first kappa shape index (κ1) is 16.2. The van der Waals surface area contributed by atoms with Crippen molar-refractivity contribution in [3.8, 4) is 5.75 Å².